The number of rotatable bonds is 8. The lowest BCUT2D eigenvalue weighted by Crippen LogP contribution is -2.26. The van der Waals surface area contributed by atoms with E-state index in [2.05, 4.69) is 10.6 Å². The summed E-state index contributed by atoms with van der Waals surface area (Å²) in [6.07, 6.45) is 1.30. The summed E-state index contributed by atoms with van der Waals surface area (Å²) in [6.45, 7) is 7.74. The fourth-order valence-corrected chi connectivity index (χ4v) is 3.02. The van der Waals surface area contributed by atoms with E-state index in [1.54, 1.807) is 19.1 Å². The largest absolute Gasteiger partial charge is 0.493 e. The van der Waals surface area contributed by atoms with Gasteiger partial charge in [0, 0.05) is 11.8 Å². The summed E-state index contributed by atoms with van der Waals surface area (Å²) in [7, 11) is 1.37. The van der Waals surface area contributed by atoms with Crippen molar-refractivity contribution < 1.29 is 27.8 Å². The number of hydrogen-bond donors (Lipinski definition) is 2. The molecule has 0 aliphatic heterocycles. The zero-order valence-electron chi connectivity index (χ0n) is 18.4. The lowest BCUT2D eigenvalue weighted by Gasteiger charge is -2.21. The Morgan fingerprint density at radius 1 is 1.00 bits per heavy atom. The first-order valence-electron chi connectivity index (χ1n) is 9.89. The second kappa shape index (κ2) is 10.2. The van der Waals surface area contributed by atoms with Gasteiger partial charge in [0.2, 0.25) is 0 Å². The van der Waals surface area contributed by atoms with Gasteiger partial charge in [-0.2, -0.15) is 0 Å². The fourth-order valence-electron chi connectivity index (χ4n) is 3.02. The number of benzene rings is 2. The fraction of sp³-hybridized carbons (Fsp3) is 0.391. The summed E-state index contributed by atoms with van der Waals surface area (Å²) in [6, 6.07) is 5.82. The SMILES string of the molecule is COC(=O)C(C)(C)CCCOc1cc(C)c(NC(=O)Nc2ccc(F)cc2F)cc1C. The molecule has 0 atom stereocenters. The smallest absolute Gasteiger partial charge is 0.323 e. The van der Waals surface area contributed by atoms with Crippen LogP contribution in [0.4, 0.5) is 25.0 Å². The molecule has 2 amide bonds. The number of halogens is 2. The number of esters is 1. The predicted molar refractivity (Wildman–Crippen MR) is 115 cm³/mol. The van der Waals surface area contributed by atoms with Gasteiger partial charge < -0.3 is 20.1 Å². The second-order valence-electron chi connectivity index (χ2n) is 7.96. The van der Waals surface area contributed by atoms with Crippen molar-refractivity contribution in [2.75, 3.05) is 24.4 Å². The van der Waals surface area contributed by atoms with Gasteiger partial charge in [-0.3, -0.25) is 4.79 Å². The van der Waals surface area contributed by atoms with Crippen LogP contribution in [0.15, 0.2) is 30.3 Å². The van der Waals surface area contributed by atoms with Crippen LogP contribution >= 0.6 is 0 Å². The number of carbonyl (C=O) groups is 2. The van der Waals surface area contributed by atoms with E-state index in [1.165, 1.54) is 7.11 Å². The second-order valence-corrected chi connectivity index (χ2v) is 7.96. The van der Waals surface area contributed by atoms with E-state index in [4.69, 9.17) is 9.47 Å². The highest BCUT2D eigenvalue weighted by Gasteiger charge is 2.27. The Balaban J connectivity index is 1.95. The van der Waals surface area contributed by atoms with Crippen molar-refractivity contribution in [1.29, 1.82) is 0 Å². The summed E-state index contributed by atoms with van der Waals surface area (Å²) in [5.41, 5.74) is 1.40. The molecular formula is C23H28F2N2O4. The van der Waals surface area contributed by atoms with Crippen LogP contribution in [-0.4, -0.2) is 25.7 Å². The van der Waals surface area contributed by atoms with Crippen molar-refractivity contribution in [3.05, 3.63) is 53.1 Å². The molecule has 0 saturated heterocycles. The van der Waals surface area contributed by atoms with Crippen LogP contribution < -0.4 is 15.4 Å². The first kappa shape index (κ1) is 24.1. The Morgan fingerprint density at radius 2 is 1.68 bits per heavy atom. The number of urea groups is 1. The maximum absolute atomic E-state index is 13.7. The Labute approximate surface area is 180 Å². The summed E-state index contributed by atoms with van der Waals surface area (Å²) in [5.74, 6) is -1.17. The van der Waals surface area contributed by atoms with Gasteiger partial charge >= 0.3 is 12.0 Å². The molecule has 6 nitrogen and oxygen atoms in total. The topological polar surface area (TPSA) is 76.7 Å². The number of ether oxygens (including phenoxy) is 2. The lowest BCUT2D eigenvalue weighted by molar-refractivity contribution is -0.151. The number of methoxy groups -OCH3 is 1. The first-order valence-corrected chi connectivity index (χ1v) is 9.89. The number of anilines is 2. The third kappa shape index (κ3) is 6.67. The lowest BCUT2D eigenvalue weighted by atomic mass is 9.88. The third-order valence-electron chi connectivity index (χ3n) is 4.89. The van der Waals surface area contributed by atoms with E-state index in [0.29, 0.717) is 37.0 Å². The third-order valence-corrected chi connectivity index (χ3v) is 4.89. The molecule has 0 radical (unpaired) electrons. The van der Waals surface area contributed by atoms with E-state index in [-0.39, 0.29) is 11.7 Å². The molecule has 0 bridgehead atoms. The van der Waals surface area contributed by atoms with Gasteiger partial charge in [-0.1, -0.05) is 0 Å². The monoisotopic (exact) mass is 434 g/mol. The number of hydrogen-bond acceptors (Lipinski definition) is 4. The molecule has 0 unspecified atom stereocenters. The van der Waals surface area contributed by atoms with Crippen LogP contribution in [0.25, 0.3) is 0 Å². The number of nitrogens with one attached hydrogen (secondary N) is 2. The molecule has 0 spiro atoms. The van der Waals surface area contributed by atoms with Crippen LogP contribution in [0.2, 0.25) is 0 Å². The first-order chi connectivity index (χ1) is 14.5. The molecule has 2 aromatic carbocycles. The molecule has 0 fully saturated rings. The van der Waals surface area contributed by atoms with Gasteiger partial charge in [0.15, 0.2) is 0 Å². The molecule has 0 aromatic heterocycles. The van der Waals surface area contributed by atoms with E-state index in [1.807, 2.05) is 20.8 Å². The van der Waals surface area contributed by atoms with Crippen molar-refractivity contribution in [2.45, 2.75) is 40.5 Å². The van der Waals surface area contributed by atoms with E-state index >= 15 is 0 Å². The zero-order valence-corrected chi connectivity index (χ0v) is 18.4. The summed E-state index contributed by atoms with van der Waals surface area (Å²) in [5, 5.41) is 5.01. The number of amides is 2. The number of aryl methyl sites for hydroxylation is 2. The molecule has 0 saturated carbocycles. The van der Waals surface area contributed by atoms with Gasteiger partial charge in [0.05, 0.1) is 24.8 Å². The maximum atomic E-state index is 13.7. The highest BCUT2D eigenvalue weighted by Crippen LogP contribution is 2.28. The van der Waals surface area contributed by atoms with Crippen LogP contribution in [0, 0.1) is 30.9 Å². The average molecular weight is 434 g/mol. The Bertz CT molecular complexity index is 961. The summed E-state index contributed by atoms with van der Waals surface area (Å²) in [4.78, 5) is 23.9. The van der Waals surface area contributed by atoms with Crippen LogP contribution in [-0.2, 0) is 9.53 Å². The van der Waals surface area contributed by atoms with E-state index < -0.39 is 23.1 Å². The molecule has 2 rings (SSSR count). The molecule has 8 heteroatoms. The van der Waals surface area contributed by atoms with Crippen molar-refractivity contribution in [3.63, 3.8) is 0 Å². The van der Waals surface area contributed by atoms with E-state index in [9.17, 15) is 18.4 Å². The van der Waals surface area contributed by atoms with Crippen LogP contribution in [0.1, 0.15) is 37.8 Å². The minimum Gasteiger partial charge on any atom is -0.493 e. The van der Waals surface area contributed by atoms with Crippen LogP contribution in [0.5, 0.6) is 5.75 Å². The molecule has 2 aromatic rings. The van der Waals surface area contributed by atoms with Gasteiger partial charge in [0.25, 0.3) is 0 Å². The maximum Gasteiger partial charge on any atom is 0.323 e. The molecule has 31 heavy (non-hydrogen) atoms. The highest BCUT2D eigenvalue weighted by atomic mass is 19.1. The van der Waals surface area contributed by atoms with Crippen molar-refractivity contribution in [2.24, 2.45) is 5.41 Å². The summed E-state index contributed by atoms with van der Waals surface area (Å²) >= 11 is 0. The molecule has 2 N–H and O–H groups in total. The van der Waals surface area contributed by atoms with Gasteiger partial charge in [-0.25, -0.2) is 13.6 Å². The van der Waals surface area contributed by atoms with Gasteiger partial charge in [-0.15, -0.1) is 0 Å². The molecule has 0 aliphatic rings. The summed E-state index contributed by atoms with van der Waals surface area (Å²) < 4.78 is 37.3. The number of carbonyl (C=O) groups excluding carboxylic acids is 2. The van der Waals surface area contributed by atoms with Crippen molar-refractivity contribution in [3.8, 4) is 5.75 Å². The Morgan fingerprint density at radius 3 is 2.32 bits per heavy atom. The standard InChI is InChI=1S/C23H28F2N2O4/c1-14-12-20(31-10-6-9-23(3,4)21(28)30-5)15(2)11-19(14)27-22(29)26-18-8-7-16(24)13-17(18)25/h7-8,11-13H,6,9-10H2,1-5H3,(H2,26,27,29). The molecular weight excluding hydrogens is 406 g/mol. The van der Waals surface area contributed by atoms with E-state index in [0.717, 1.165) is 23.3 Å². The average Bonchev–Trinajstić information content (AvgIpc) is 2.70. The van der Waals surface area contributed by atoms with Crippen molar-refractivity contribution >= 4 is 23.4 Å². The Hall–Kier alpha value is -3.16. The molecule has 168 valence electrons. The Kier molecular flexibility index (Phi) is 7.96. The zero-order chi connectivity index (χ0) is 23.2. The van der Waals surface area contributed by atoms with Gasteiger partial charge in [-0.05, 0) is 75.9 Å². The van der Waals surface area contributed by atoms with Crippen LogP contribution in [0.3, 0.4) is 0 Å². The minimum absolute atomic E-state index is 0.122. The minimum atomic E-state index is -0.859. The quantitative estimate of drug-likeness (QED) is 0.420. The normalized spacial score (nSPS) is 11.1. The predicted octanol–water partition coefficient (Wildman–Crippen LogP) is 5.58. The molecule has 0 heterocycles. The molecule has 0 aliphatic carbocycles. The van der Waals surface area contributed by atoms with Gasteiger partial charge in [0.1, 0.15) is 17.4 Å². The van der Waals surface area contributed by atoms with Crippen molar-refractivity contribution in [1.82, 2.24) is 0 Å². The highest BCUT2D eigenvalue weighted by molar-refractivity contribution is 6.00.